The lowest BCUT2D eigenvalue weighted by Crippen LogP contribution is -2.15. The summed E-state index contributed by atoms with van der Waals surface area (Å²) in [6.45, 7) is 9.35. The molecule has 0 radical (unpaired) electrons. The van der Waals surface area contributed by atoms with Crippen molar-refractivity contribution in [3.63, 3.8) is 0 Å². The molecule has 1 atom stereocenters. The zero-order valence-electron chi connectivity index (χ0n) is 13.9. The zero-order chi connectivity index (χ0) is 14.5. The summed E-state index contributed by atoms with van der Waals surface area (Å²) in [6, 6.07) is 7.19. The summed E-state index contributed by atoms with van der Waals surface area (Å²) in [5.74, 6) is 2.70. The first-order chi connectivity index (χ1) is 9.58. The van der Waals surface area contributed by atoms with Crippen molar-refractivity contribution in [1.29, 1.82) is 0 Å². The van der Waals surface area contributed by atoms with Gasteiger partial charge >= 0.3 is 0 Å². The Balaban J connectivity index is 2.01. The van der Waals surface area contributed by atoms with Gasteiger partial charge in [0.25, 0.3) is 0 Å². The van der Waals surface area contributed by atoms with Crippen LogP contribution in [0.25, 0.3) is 0 Å². The first kappa shape index (κ1) is 15.6. The van der Waals surface area contributed by atoms with Crippen LogP contribution in [0, 0.1) is 24.7 Å². The second-order valence-corrected chi connectivity index (χ2v) is 7.31. The lowest BCUT2D eigenvalue weighted by molar-refractivity contribution is 0.288. The average molecular weight is 272 g/mol. The van der Waals surface area contributed by atoms with Crippen molar-refractivity contribution < 1.29 is 0 Å². The second-order valence-electron chi connectivity index (χ2n) is 7.31. The van der Waals surface area contributed by atoms with E-state index in [1.165, 1.54) is 50.5 Å². The van der Waals surface area contributed by atoms with Crippen molar-refractivity contribution in [1.82, 2.24) is 0 Å². The van der Waals surface area contributed by atoms with Gasteiger partial charge in [0.1, 0.15) is 0 Å². The third kappa shape index (κ3) is 4.36. The molecular formula is C20H32. The van der Waals surface area contributed by atoms with E-state index in [1.807, 2.05) is 0 Å². The molecule has 0 heteroatoms. The maximum atomic E-state index is 2.50. The van der Waals surface area contributed by atoms with E-state index < -0.39 is 0 Å². The molecule has 0 N–H and O–H groups in total. The van der Waals surface area contributed by atoms with Crippen LogP contribution in [0.3, 0.4) is 0 Å². The molecule has 0 spiro atoms. The molecule has 2 rings (SSSR count). The first-order valence-electron chi connectivity index (χ1n) is 8.66. The van der Waals surface area contributed by atoms with Crippen molar-refractivity contribution in [2.75, 3.05) is 0 Å². The molecule has 1 saturated carbocycles. The van der Waals surface area contributed by atoms with Gasteiger partial charge in [0, 0.05) is 0 Å². The molecule has 1 aromatic rings. The highest BCUT2D eigenvalue weighted by molar-refractivity contribution is 5.31. The molecule has 0 aliphatic heterocycles. The summed E-state index contributed by atoms with van der Waals surface area (Å²) in [4.78, 5) is 0. The molecule has 0 heterocycles. The van der Waals surface area contributed by atoms with E-state index in [4.69, 9.17) is 0 Å². The Hall–Kier alpha value is -0.780. The van der Waals surface area contributed by atoms with E-state index in [0.29, 0.717) is 0 Å². The number of benzene rings is 1. The van der Waals surface area contributed by atoms with Gasteiger partial charge in [-0.1, -0.05) is 58.2 Å². The van der Waals surface area contributed by atoms with Crippen molar-refractivity contribution in [2.45, 2.75) is 72.6 Å². The van der Waals surface area contributed by atoms with E-state index >= 15 is 0 Å². The predicted molar refractivity (Wildman–Crippen MR) is 89.2 cm³/mol. The smallest absolute Gasteiger partial charge is 0.0248 e. The summed E-state index contributed by atoms with van der Waals surface area (Å²) in [5.41, 5.74) is 4.66. The summed E-state index contributed by atoms with van der Waals surface area (Å²) in [7, 11) is 0. The summed E-state index contributed by atoms with van der Waals surface area (Å²) >= 11 is 0. The van der Waals surface area contributed by atoms with E-state index in [2.05, 4.69) is 45.9 Å². The van der Waals surface area contributed by atoms with Gasteiger partial charge < -0.3 is 0 Å². The van der Waals surface area contributed by atoms with E-state index in [1.54, 1.807) is 11.1 Å². The van der Waals surface area contributed by atoms with Crippen molar-refractivity contribution >= 4 is 0 Å². The van der Waals surface area contributed by atoms with Gasteiger partial charge in [0.15, 0.2) is 0 Å². The topological polar surface area (TPSA) is 0 Å². The summed E-state index contributed by atoms with van der Waals surface area (Å²) in [5, 5.41) is 0. The minimum Gasteiger partial charge on any atom is -0.0651 e. The van der Waals surface area contributed by atoms with Gasteiger partial charge in [-0.25, -0.2) is 0 Å². The van der Waals surface area contributed by atoms with Gasteiger partial charge in [0.05, 0.1) is 0 Å². The van der Waals surface area contributed by atoms with Gasteiger partial charge in [0.2, 0.25) is 0 Å². The molecule has 1 unspecified atom stereocenters. The molecule has 1 aliphatic rings. The second kappa shape index (κ2) is 7.29. The Bertz CT molecular complexity index is 410. The number of aryl methyl sites for hydroxylation is 1. The number of hydrogen-bond acceptors (Lipinski definition) is 0. The minimum absolute atomic E-state index is 0.807. The predicted octanol–water partition coefficient (Wildman–Crippen LogP) is 5.95. The van der Waals surface area contributed by atoms with Crippen LogP contribution in [0.15, 0.2) is 18.2 Å². The fourth-order valence-electron chi connectivity index (χ4n) is 3.46. The number of hydrogen-bond donors (Lipinski definition) is 0. The standard InChI is InChI=1S/C20H32/c1-5-15(2)12-19-11-8-17(4)20(14-19)13-18-9-6-16(3)7-10-18/h8,11,14-16,18H,5-7,9-10,12-13H2,1-4H3. The van der Waals surface area contributed by atoms with Crippen LogP contribution in [0.1, 0.15) is 69.6 Å². The normalized spacial score (nSPS) is 24.6. The van der Waals surface area contributed by atoms with E-state index in [-0.39, 0.29) is 0 Å². The molecule has 0 saturated heterocycles. The van der Waals surface area contributed by atoms with Gasteiger partial charge in [-0.15, -0.1) is 0 Å². The molecule has 1 aromatic carbocycles. The van der Waals surface area contributed by atoms with Gasteiger partial charge in [-0.3, -0.25) is 0 Å². The zero-order valence-corrected chi connectivity index (χ0v) is 13.9. The van der Waals surface area contributed by atoms with Crippen LogP contribution < -0.4 is 0 Å². The highest BCUT2D eigenvalue weighted by Crippen LogP contribution is 2.31. The molecule has 112 valence electrons. The largest absolute Gasteiger partial charge is 0.0651 e. The lowest BCUT2D eigenvalue weighted by Gasteiger charge is -2.26. The van der Waals surface area contributed by atoms with Crippen molar-refractivity contribution in [3.05, 3.63) is 34.9 Å². The van der Waals surface area contributed by atoms with Crippen molar-refractivity contribution in [3.8, 4) is 0 Å². The molecule has 0 aromatic heterocycles. The lowest BCUT2D eigenvalue weighted by atomic mass is 9.79. The molecule has 1 aliphatic carbocycles. The number of rotatable bonds is 5. The fraction of sp³-hybridized carbons (Fsp3) is 0.700. The quantitative estimate of drug-likeness (QED) is 0.621. The van der Waals surface area contributed by atoms with Crippen LogP contribution in [-0.2, 0) is 12.8 Å². The van der Waals surface area contributed by atoms with Crippen LogP contribution >= 0.6 is 0 Å². The van der Waals surface area contributed by atoms with Crippen LogP contribution in [0.2, 0.25) is 0 Å². The van der Waals surface area contributed by atoms with Crippen LogP contribution in [0.4, 0.5) is 0 Å². The molecule has 0 amide bonds. The SMILES string of the molecule is CCC(C)Cc1ccc(C)c(CC2CCC(C)CC2)c1. The maximum Gasteiger partial charge on any atom is -0.0248 e. The third-order valence-electron chi connectivity index (χ3n) is 5.34. The highest BCUT2D eigenvalue weighted by Gasteiger charge is 2.19. The van der Waals surface area contributed by atoms with Gasteiger partial charge in [-0.05, 0) is 67.1 Å². The van der Waals surface area contributed by atoms with Crippen LogP contribution in [-0.4, -0.2) is 0 Å². The Morgan fingerprint density at radius 2 is 1.85 bits per heavy atom. The Morgan fingerprint density at radius 1 is 1.15 bits per heavy atom. The summed E-state index contributed by atoms with van der Waals surface area (Å²) in [6.07, 6.45) is 9.60. The Labute approximate surface area is 126 Å². The summed E-state index contributed by atoms with van der Waals surface area (Å²) < 4.78 is 0. The monoisotopic (exact) mass is 272 g/mol. The van der Waals surface area contributed by atoms with E-state index in [9.17, 15) is 0 Å². The molecule has 0 bridgehead atoms. The van der Waals surface area contributed by atoms with E-state index in [0.717, 1.165) is 17.8 Å². The van der Waals surface area contributed by atoms with Crippen LogP contribution in [0.5, 0.6) is 0 Å². The minimum atomic E-state index is 0.807. The fourth-order valence-corrected chi connectivity index (χ4v) is 3.46. The molecule has 20 heavy (non-hydrogen) atoms. The van der Waals surface area contributed by atoms with Crippen molar-refractivity contribution in [2.24, 2.45) is 17.8 Å². The first-order valence-corrected chi connectivity index (χ1v) is 8.66. The molecule has 1 fully saturated rings. The highest BCUT2D eigenvalue weighted by atomic mass is 14.2. The third-order valence-corrected chi connectivity index (χ3v) is 5.34. The molecular weight excluding hydrogens is 240 g/mol. The molecule has 0 nitrogen and oxygen atoms in total. The van der Waals surface area contributed by atoms with Gasteiger partial charge in [-0.2, -0.15) is 0 Å². The Kier molecular flexibility index (Phi) is 5.69. The average Bonchev–Trinajstić information content (AvgIpc) is 2.45. The maximum absolute atomic E-state index is 2.50. The Morgan fingerprint density at radius 3 is 2.50 bits per heavy atom.